The molecule has 3 rings (SSSR count). The second kappa shape index (κ2) is 16.4. The molecule has 0 amide bonds. The van der Waals surface area contributed by atoms with Crippen molar-refractivity contribution in [1.82, 2.24) is 0 Å². The normalized spacial score (nSPS) is 12.0. The van der Waals surface area contributed by atoms with Crippen molar-refractivity contribution in [3.63, 3.8) is 0 Å². The molecule has 0 spiro atoms. The lowest BCUT2D eigenvalue weighted by Gasteiger charge is -2.22. The summed E-state index contributed by atoms with van der Waals surface area (Å²) in [6.45, 7) is 14.4. The third kappa shape index (κ3) is 11.8. The van der Waals surface area contributed by atoms with Crippen molar-refractivity contribution in [2.45, 2.75) is 89.8 Å². The molecule has 13 heteroatoms. The fraction of sp³-hybridized carbons (Fsp3) is 0.500. The van der Waals surface area contributed by atoms with Crippen molar-refractivity contribution in [2.75, 3.05) is 26.4 Å². The smallest absolute Gasteiger partial charge is 0.344 e. The summed E-state index contributed by atoms with van der Waals surface area (Å²) >= 11 is 7.26. The average molecular weight is 813 g/mol. The zero-order valence-electron chi connectivity index (χ0n) is 29.4. The summed E-state index contributed by atoms with van der Waals surface area (Å²) in [7, 11) is 0. The van der Waals surface area contributed by atoms with E-state index in [1.54, 1.807) is 86.6 Å². The second-order valence-electron chi connectivity index (χ2n) is 14.0. The Labute approximate surface area is 303 Å². The summed E-state index contributed by atoms with van der Waals surface area (Å²) in [6, 6.07) is 6.98. The Hall–Kier alpha value is -3.58. The van der Waals surface area contributed by atoms with Crippen LogP contribution in [0, 0.1) is 0 Å². The van der Waals surface area contributed by atoms with E-state index in [9.17, 15) is 19.2 Å². The van der Waals surface area contributed by atoms with Gasteiger partial charge in [0.1, 0.15) is 23.4 Å². The van der Waals surface area contributed by atoms with Gasteiger partial charge in [-0.15, -0.1) is 0 Å². The van der Waals surface area contributed by atoms with Gasteiger partial charge in [0, 0.05) is 10.7 Å². The first kappa shape index (κ1) is 39.9. The molecule has 3 aromatic rings. The van der Waals surface area contributed by atoms with Gasteiger partial charge in [0.15, 0.2) is 49.1 Å². The Bertz CT molecular complexity index is 1700. The second-order valence-corrected chi connectivity index (χ2v) is 15.1. The summed E-state index contributed by atoms with van der Waals surface area (Å²) in [4.78, 5) is 48.9. The van der Waals surface area contributed by atoms with Gasteiger partial charge in [-0.25, -0.2) is 14.4 Å². The number of aldehydes is 1. The fourth-order valence-electron chi connectivity index (χ4n) is 4.79. The van der Waals surface area contributed by atoms with Crippen molar-refractivity contribution in [3.8, 4) is 23.0 Å². The van der Waals surface area contributed by atoms with Gasteiger partial charge in [-0.3, -0.25) is 4.79 Å². The molecule has 0 bridgehead atoms. The summed E-state index contributed by atoms with van der Waals surface area (Å²) in [5.41, 5.74) is -0.493. The van der Waals surface area contributed by atoms with Gasteiger partial charge in [0.2, 0.25) is 0 Å². The number of benzene rings is 3. The van der Waals surface area contributed by atoms with E-state index in [0.717, 1.165) is 32.7 Å². The molecule has 0 aliphatic rings. The molecule has 49 heavy (non-hydrogen) atoms. The summed E-state index contributed by atoms with van der Waals surface area (Å²) in [5.74, 6) is -0.831. The minimum Gasteiger partial charge on any atom is -0.482 e. The topological polar surface area (TPSA) is 133 Å². The van der Waals surface area contributed by atoms with Gasteiger partial charge in [0.05, 0.1) is 0 Å². The highest BCUT2D eigenvalue weighted by Crippen LogP contribution is 2.44. The SMILES string of the molecule is CC(C)(C)OC(=O)COc1cc2c(CBr)c3cc(OCC(=O)OC(C)(C)C)c(OCC(=O)OC(C)(C)C)cc3c(CBr)c2cc1OCC=O. The maximum absolute atomic E-state index is 12.6. The van der Waals surface area contributed by atoms with Crippen LogP contribution in [0.15, 0.2) is 24.3 Å². The molecule has 0 unspecified atom stereocenters. The van der Waals surface area contributed by atoms with E-state index in [2.05, 4.69) is 31.9 Å². The zero-order chi connectivity index (χ0) is 36.7. The van der Waals surface area contributed by atoms with Crippen LogP contribution in [0.4, 0.5) is 0 Å². The molecule has 268 valence electrons. The van der Waals surface area contributed by atoms with E-state index in [1.165, 1.54) is 0 Å². The van der Waals surface area contributed by atoms with Gasteiger partial charge in [-0.05, 0) is 119 Å². The van der Waals surface area contributed by atoms with E-state index in [4.69, 9.17) is 33.2 Å². The molecule has 3 aromatic carbocycles. The molecule has 0 atom stereocenters. The summed E-state index contributed by atoms with van der Waals surface area (Å²) in [5, 5.41) is 3.81. The van der Waals surface area contributed by atoms with Crippen molar-refractivity contribution < 1.29 is 52.3 Å². The van der Waals surface area contributed by atoms with Gasteiger partial charge < -0.3 is 33.2 Å². The third-order valence-corrected chi connectivity index (χ3v) is 7.46. The number of carbonyl (C=O) groups is 4. The first-order valence-electron chi connectivity index (χ1n) is 15.6. The Morgan fingerprint density at radius 1 is 0.531 bits per heavy atom. The number of hydrogen-bond donors (Lipinski definition) is 0. The molecular formula is C36H44Br2O11. The van der Waals surface area contributed by atoms with E-state index in [-0.39, 0.29) is 36.2 Å². The monoisotopic (exact) mass is 810 g/mol. The van der Waals surface area contributed by atoms with E-state index < -0.39 is 47.9 Å². The first-order chi connectivity index (χ1) is 22.7. The van der Waals surface area contributed by atoms with Crippen LogP contribution < -0.4 is 18.9 Å². The van der Waals surface area contributed by atoms with Crippen LogP contribution >= 0.6 is 31.9 Å². The van der Waals surface area contributed by atoms with Gasteiger partial charge >= 0.3 is 17.9 Å². The Balaban J connectivity index is 2.23. The minimum atomic E-state index is -0.718. The van der Waals surface area contributed by atoms with E-state index >= 15 is 0 Å². The van der Waals surface area contributed by atoms with Crippen LogP contribution in [0.1, 0.15) is 73.4 Å². The van der Waals surface area contributed by atoms with Crippen molar-refractivity contribution >= 4 is 77.6 Å². The standard InChI is InChI=1S/C36H44Br2O11/c1-34(2,3)47-31(40)18-44-28-13-22-21(12-27(28)43-11-10-39)25(16-37)23-14-29(45-19-32(41)48-35(4,5)6)30(15-24(23)26(22)17-38)46-20-33(42)49-36(7,8)9/h10,12-15H,11,16-20H2,1-9H3. The quantitative estimate of drug-likeness (QED) is 0.0527. The van der Waals surface area contributed by atoms with Crippen LogP contribution in [-0.4, -0.2) is 67.4 Å². The minimum absolute atomic E-state index is 0.205. The van der Waals surface area contributed by atoms with Crippen LogP contribution in [0.3, 0.4) is 0 Å². The lowest BCUT2D eigenvalue weighted by molar-refractivity contribution is -0.158. The molecule has 11 nitrogen and oxygen atoms in total. The number of esters is 3. The molecular weight excluding hydrogens is 768 g/mol. The average Bonchev–Trinajstić information content (AvgIpc) is 2.96. The number of halogens is 2. The molecule has 0 aromatic heterocycles. The number of ether oxygens (including phenoxy) is 7. The Morgan fingerprint density at radius 2 is 0.796 bits per heavy atom. The molecule has 0 radical (unpaired) electrons. The highest BCUT2D eigenvalue weighted by atomic mass is 79.9. The number of rotatable bonds is 14. The summed E-state index contributed by atoms with van der Waals surface area (Å²) in [6.07, 6.45) is 0.616. The first-order valence-corrected chi connectivity index (χ1v) is 17.8. The van der Waals surface area contributed by atoms with Crippen molar-refractivity contribution in [1.29, 1.82) is 0 Å². The largest absolute Gasteiger partial charge is 0.482 e. The molecule has 0 heterocycles. The molecule has 0 N–H and O–H groups in total. The highest BCUT2D eigenvalue weighted by molar-refractivity contribution is 9.08. The van der Waals surface area contributed by atoms with Crippen LogP contribution in [0.2, 0.25) is 0 Å². The van der Waals surface area contributed by atoms with Crippen LogP contribution in [0.5, 0.6) is 23.0 Å². The van der Waals surface area contributed by atoms with Gasteiger partial charge in [-0.2, -0.15) is 0 Å². The maximum atomic E-state index is 12.6. The van der Waals surface area contributed by atoms with Gasteiger partial charge in [0.25, 0.3) is 0 Å². The highest BCUT2D eigenvalue weighted by Gasteiger charge is 2.24. The van der Waals surface area contributed by atoms with Crippen LogP contribution in [-0.2, 0) is 44.0 Å². The van der Waals surface area contributed by atoms with Crippen molar-refractivity contribution in [3.05, 3.63) is 35.4 Å². The number of hydrogen-bond acceptors (Lipinski definition) is 11. The number of carbonyl (C=O) groups excluding carboxylic acids is 4. The van der Waals surface area contributed by atoms with Crippen LogP contribution in [0.25, 0.3) is 21.5 Å². The van der Waals surface area contributed by atoms with Gasteiger partial charge in [-0.1, -0.05) is 31.9 Å². The molecule has 0 aliphatic carbocycles. The third-order valence-electron chi connectivity index (χ3n) is 6.34. The van der Waals surface area contributed by atoms with Crippen molar-refractivity contribution in [2.24, 2.45) is 0 Å². The number of alkyl halides is 2. The molecule has 0 saturated heterocycles. The van der Waals surface area contributed by atoms with E-state index in [1.807, 2.05) is 0 Å². The molecule has 0 aliphatic heterocycles. The maximum Gasteiger partial charge on any atom is 0.344 e. The Morgan fingerprint density at radius 3 is 1.02 bits per heavy atom. The fourth-order valence-corrected chi connectivity index (χ4v) is 6.00. The Kier molecular flexibility index (Phi) is 13.4. The van der Waals surface area contributed by atoms with E-state index in [0.29, 0.717) is 16.9 Å². The predicted molar refractivity (Wildman–Crippen MR) is 192 cm³/mol. The molecule has 0 saturated carbocycles. The number of fused-ring (bicyclic) bond motifs is 2. The summed E-state index contributed by atoms with van der Waals surface area (Å²) < 4.78 is 39.8. The predicted octanol–water partition coefficient (Wildman–Crippen LogP) is 7.52. The lowest BCUT2D eigenvalue weighted by Crippen LogP contribution is -2.28. The molecule has 0 fully saturated rings. The zero-order valence-corrected chi connectivity index (χ0v) is 32.5. The lowest BCUT2D eigenvalue weighted by atomic mass is 9.92.